The summed E-state index contributed by atoms with van der Waals surface area (Å²) in [7, 11) is 0. The van der Waals surface area contributed by atoms with Crippen LogP contribution in [0.5, 0.6) is 0 Å². The molecule has 0 saturated heterocycles. The number of nitrogens with one attached hydrogen (secondary N) is 1. The van der Waals surface area contributed by atoms with Crippen LogP contribution < -0.4 is 5.32 Å². The summed E-state index contributed by atoms with van der Waals surface area (Å²) in [6.07, 6.45) is -0.688. The zero-order valence-electron chi connectivity index (χ0n) is 15.5. The predicted molar refractivity (Wildman–Crippen MR) is 110 cm³/mol. The lowest BCUT2D eigenvalue weighted by Gasteiger charge is -2.21. The van der Waals surface area contributed by atoms with Crippen LogP contribution in [0.1, 0.15) is 28.4 Å². The minimum atomic E-state index is -0.927. The molecule has 0 spiro atoms. The molecule has 28 heavy (non-hydrogen) atoms. The Morgan fingerprint density at radius 2 is 1.82 bits per heavy atom. The van der Waals surface area contributed by atoms with Crippen molar-refractivity contribution in [3.05, 3.63) is 74.6 Å². The summed E-state index contributed by atoms with van der Waals surface area (Å²) in [5.74, 6) is -1.44. The van der Waals surface area contributed by atoms with Crippen molar-refractivity contribution in [3.63, 3.8) is 0 Å². The van der Waals surface area contributed by atoms with Crippen LogP contribution in [0.15, 0.2) is 36.4 Å². The van der Waals surface area contributed by atoms with Gasteiger partial charge in [0.1, 0.15) is 0 Å². The molecular weight excluding hydrogens is 399 g/mol. The molecule has 2 N–H and O–H groups in total. The lowest BCUT2D eigenvalue weighted by atomic mass is 9.91. The molecule has 0 heterocycles. The number of Topliss-reactive ketones (excluding diaryl/α,β-unsaturated/α-hetero) is 1. The van der Waals surface area contributed by atoms with Gasteiger partial charge in [-0.15, -0.1) is 0 Å². The molecule has 0 aliphatic heterocycles. The molecule has 0 aromatic heterocycles. The number of hydrogen-bond donors (Lipinski definition) is 2. The second kappa shape index (κ2) is 9.70. The Labute approximate surface area is 174 Å². The van der Waals surface area contributed by atoms with Gasteiger partial charge in [-0.1, -0.05) is 35.3 Å². The van der Waals surface area contributed by atoms with Crippen molar-refractivity contribution >= 4 is 40.6 Å². The van der Waals surface area contributed by atoms with Crippen molar-refractivity contribution in [1.82, 2.24) is 5.32 Å². The van der Waals surface area contributed by atoms with Gasteiger partial charge in [0.05, 0.1) is 30.2 Å². The van der Waals surface area contributed by atoms with Gasteiger partial charge in [-0.05, 0) is 55.7 Å². The summed E-state index contributed by atoms with van der Waals surface area (Å²) in [6, 6.07) is 9.72. The average Bonchev–Trinajstić information content (AvgIpc) is 2.67. The molecule has 2 aromatic rings. The second-order valence-corrected chi connectivity index (χ2v) is 7.31. The van der Waals surface area contributed by atoms with E-state index in [-0.39, 0.29) is 18.7 Å². The van der Waals surface area contributed by atoms with Gasteiger partial charge >= 0.3 is 0 Å². The number of ketones is 1. The van der Waals surface area contributed by atoms with E-state index in [1.807, 2.05) is 0 Å². The van der Waals surface area contributed by atoms with Crippen molar-refractivity contribution in [3.8, 4) is 0 Å². The summed E-state index contributed by atoms with van der Waals surface area (Å²) < 4.78 is 0. The van der Waals surface area contributed by atoms with Crippen LogP contribution in [-0.4, -0.2) is 29.4 Å². The van der Waals surface area contributed by atoms with E-state index in [1.54, 1.807) is 43.3 Å². The third-order valence-corrected chi connectivity index (χ3v) is 5.28. The smallest absolute Gasteiger partial charge is 0.226 e. The molecule has 0 saturated carbocycles. The number of hydrogen-bond acceptors (Lipinski definition) is 3. The number of carbonyl (C=O) groups is 2. The first-order valence-electron chi connectivity index (χ1n) is 8.64. The molecule has 0 unspecified atom stereocenters. The summed E-state index contributed by atoms with van der Waals surface area (Å²) in [5, 5.41) is 13.5. The van der Waals surface area contributed by atoms with E-state index in [9.17, 15) is 14.7 Å². The monoisotopic (exact) mass is 418 g/mol. The number of aliphatic hydroxyl groups is 1. The van der Waals surface area contributed by atoms with E-state index in [1.165, 1.54) is 6.92 Å². The number of amides is 1. The highest BCUT2D eigenvalue weighted by atomic mass is 35.5. The van der Waals surface area contributed by atoms with E-state index in [0.29, 0.717) is 26.9 Å². The Bertz CT molecular complexity index is 918. The van der Waals surface area contributed by atoms with Crippen LogP contribution in [0.2, 0.25) is 10.0 Å². The van der Waals surface area contributed by atoms with Crippen LogP contribution in [-0.2, 0) is 11.2 Å². The van der Waals surface area contributed by atoms with Crippen LogP contribution in [0, 0.1) is 19.4 Å². The second-order valence-electron chi connectivity index (χ2n) is 6.49. The molecule has 0 aliphatic carbocycles. The lowest BCUT2D eigenvalue weighted by molar-refractivity contribution is -0.127. The van der Waals surface area contributed by atoms with Gasteiger partial charge in [-0.3, -0.25) is 9.59 Å². The number of benzene rings is 2. The van der Waals surface area contributed by atoms with Crippen LogP contribution >= 0.6 is 23.2 Å². The van der Waals surface area contributed by atoms with Crippen molar-refractivity contribution in [2.75, 3.05) is 6.54 Å². The quantitative estimate of drug-likeness (QED) is 0.517. The number of carbonyl (C=O) groups excluding carboxylic acids is 2. The standard InChI is InChI=1S/C21H20Cl2N2O3/c1-12-15(6-9-18(24-3)20(12)23)10-17(13(2)26)21(28)25-11-19(27)14-4-7-16(22)8-5-14/h4-9,13,17,26H,10-11H2,1-2H3,(H,25,28)/t13-,17+/m0/s1. The fraction of sp³-hybridized carbons (Fsp3) is 0.286. The molecule has 1 amide bonds. The zero-order valence-corrected chi connectivity index (χ0v) is 17.0. The summed E-state index contributed by atoms with van der Waals surface area (Å²) in [4.78, 5) is 28.1. The van der Waals surface area contributed by atoms with Crippen LogP contribution in [0.3, 0.4) is 0 Å². The van der Waals surface area contributed by atoms with Gasteiger partial charge in [0.2, 0.25) is 11.6 Å². The number of nitrogens with zero attached hydrogens (tertiary/aromatic N) is 1. The Balaban J connectivity index is 2.08. The first-order chi connectivity index (χ1) is 13.2. The van der Waals surface area contributed by atoms with E-state index < -0.39 is 17.9 Å². The van der Waals surface area contributed by atoms with Gasteiger partial charge in [0.25, 0.3) is 0 Å². The van der Waals surface area contributed by atoms with Crippen LogP contribution in [0.4, 0.5) is 5.69 Å². The Morgan fingerprint density at radius 1 is 1.18 bits per heavy atom. The van der Waals surface area contributed by atoms with Crippen molar-refractivity contribution < 1.29 is 14.7 Å². The lowest BCUT2D eigenvalue weighted by Crippen LogP contribution is -2.40. The van der Waals surface area contributed by atoms with Gasteiger partial charge in [0.15, 0.2) is 5.78 Å². The van der Waals surface area contributed by atoms with E-state index in [2.05, 4.69) is 10.2 Å². The minimum Gasteiger partial charge on any atom is -0.393 e. The third-order valence-electron chi connectivity index (χ3n) is 4.55. The zero-order chi connectivity index (χ0) is 20.8. The van der Waals surface area contributed by atoms with Gasteiger partial charge in [-0.25, -0.2) is 4.85 Å². The highest BCUT2D eigenvalue weighted by Gasteiger charge is 2.25. The molecule has 0 aliphatic rings. The predicted octanol–water partition coefficient (Wildman–Crippen LogP) is 4.39. The van der Waals surface area contributed by atoms with E-state index in [4.69, 9.17) is 29.8 Å². The number of halogens is 2. The van der Waals surface area contributed by atoms with Gasteiger partial charge in [-0.2, -0.15) is 0 Å². The normalized spacial score (nSPS) is 12.7. The highest BCUT2D eigenvalue weighted by molar-refractivity contribution is 6.34. The highest BCUT2D eigenvalue weighted by Crippen LogP contribution is 2.32. The number of rotatable bonds is 7. The minimum absolute atomic E-state index is 0.180. The number of aliphatic hydroxyl groups excluding tert-OH is 1. The maximum absolute atomic E-state index is 12.6. The topological polar surface area (TPSA) is 70.8 Å². The van der Waals surface area contributed by atoms with Crippen molar-refractivity contribution in [1.29, 1.82) is 0 Å². The summed E-state index contributed by atoms with van der Waals surface area (Å²) >= 11 is 12.0. The van der Waals surface area contributed by atoms with E-state index >= 15 is 0 Å². The molecule has 146 valence electrons. The molecule has 0 radical (unpaired) electrons. The van der Waals surface area contributed by atoms with E-state index in [0.717, 1.165) is 5.56 Å². The van der Waals surface area contributed by atoms with Gasteiger partial charge in [0, 0.05) is 10.6 Å². The van der Waals surface area contributed by atoms with Crippen molar-refractivity contribution in [2.45, 2.75) is 26.4 Å². The summed E-state index contributed by atoms with van der Waals surface area (Å²) in [5.41, 5.74) is 2.25. The SMILES string of the molecule is [C-]#[N+]c1ccc(C[C@@H](C(=O)NCC(=O)c2ccc(Cl)cc2)[C@H](C)O)c(C)c1Cl. The van der Waals surface area contributed by atoms with Gasteiger partial charge < -0.3 is 10.4 Å². The first-order valence-corrected chi connectivity index (χ1v) is 9.40. The molecule has 5 nitrogen and oxygen atoms in total. The average molecular weight is 419 g/mol. The largest absolute Gasteiger partial charge is 0.393 e. The third kappa shape index (κ3) is 5.32. The Hall–Kier alpha value is -2.39. The fourth-order valence-corrected chi connectivity index (χ4v) is 3.13. The molecule has 7 heteroatoms. The molecule has 2 aromatic carbocycles. The molecule has 0 bridgehead atoms. The van der Waals surface area contributed by atoms with Crippen molar-refractivity contribution in [2.24, 2.45) is 5.92 Å². The molecule has 2 rings (SSSR count). The maximum Gasteiger partial charge on any atom is 0.226 e. The summed E-state index contributed by atoms with van der Waals surface area (Å²) in [6.45, 7) is 10.2. The molecule has 2 atom stereocenters. The first kappa shape index (κ1) is 21.9. The molecule has 0 fully saturated rings. The maximum atomic E-state index is 12.6. The Morgan fingerprint density at radius 3 is 2.39 bits per heavy atom. The molecular formula is C21H20Cl2N2O3. The van der Waals surface area contributed by atoms with Crippen LogP contribution in [0.25, 0.3) is 4.85 Å². The Kier molecular flexibility index (Phi) is 7.59. The fourth-order valence-electron chi connectivity index (χ4n) is 2.77.